The van der Waals surface area contributed by atoms with Gasteiger partial charge in [0.15, 0.2) is 0 Å². The molecule has 0 atom stereocenters. The highest BCUT2D eigenvalue weighted by Crippen LogP contribution is 2.28. The summed E-state index contributed by atoms with van der Waals surface area (Å²) < 4.78 is 29.4. The molecule has 0 saturated carbocycles. The third kappa shape index (κ3) is 4.32. The number of sulfonamides is 1. The lowest BCUT2D eigenvalue weighted by Gasteiger charge is -2.28. The summed E-state index contributed by atoms with van der Waals surface area (Å²) in [5.74, 6) is -0.348. The van der Waals surface area contributed by atoms with Gasteiger partial charge in [0, 0.05) is 19.2 Å². The molecular weight excluding hydrogens is 337 g/mol. The molecular formula is C13H15Cl2NO4S. The van der Waals surface area contributed by atoms with E-state index in [-0.39, 0.29) is 11.9 Å². The normalized spacial score (nSPS) is 17.7. The van der Waals surface area contributed by atoms with Crippen LogP contribution < -0.4 is 4.74 Å². The van der Waals surface area contributed by atoms with Gasteiger partial charge in [-0.15, -0.1) is 0 Å². The molecule has 2 rings (SSSR count). The van der Waals surface area contributed by atoms with E-state index >= 15 is 0 Å². The molecule has 5 nitrogen and oxygen atoms in total. The minimum absolute atomic E-state index is 0.308. The topological polar surface area (TPSA) is 63.7 Å². The van der Waals surface area contributed by atoms with Crippen LogP contribution in [0.15, 0.2) is 18.2 Å². The average molecular weight is 352 g/mol. The molecule has 0 spiro atoms. The lowest BCUT2D eigenvalue weighted by atomic mass is 9.98. The molecule has 0 unspecified atom stereocenters. The summed E-state index contributed by atoms with van der Waals surface area (Å²) >= 11 is 11.6. The molecule has 1 aromatic rings. The molecule has 1 aliphatic heterocycles. The second-order valence-electron chi connectivity index (χ2n) is 4.93. The first-order valence-electron chi connectivity index (χ1n) is 6.39. The summed E-state index contributed by atoms with van der Waals surface area (Å²) in [5, 5.41) is 0.701. The van der Waals surface area contributed by atoms with Gasteiger partial charge in [-0.2, -0.15) is 0 Å². The smallest absolute Gasteiger partial charge is 0.314 e. The van der Waals surface area contributed by atoms with Crippen LogP contribution in [-0.4, -0.2) is 38.0 Å². The summed E-state index contributed by atoms with van der Waals surface area (Å²) in [6.45, 7) is 0.667. The van der Waals surface area contributed by atoms with Crippen LogP contribution in [0.4, 0.5) is 0 Å². The van der Waals surface area contributed by atoms with E-state index in [4.69, 9.17) is 27.9 Å². The fourth-order valence-electron chi connectivity index (χ4n) is 2.16. The van der Waals surface area contributed by atoms with Crippen molar-refractivity contribution in [2.45, 2.75) is 12.8 Å². The third-order valence-corrected chi connectivity index (χ3v) is 5.41. The molecule has 21 heavy (non-hydrogen) atoms. The molecule has 0 aliphatic carbocycles. The van der Waals surface area contributed by atoms with Crippen molar-refractivity contribution < 1.29 is 17.9 Å². The number of nitrogens with zero attached hydrogens (tertiary/aromatic N) is 1. The maximum Gasteiger partial charge on any atom is 0.314 e. The number of rotatable bonds is 3. The van der Waals surface area contributed by atoms with Crippen LogP contribution in [0.3, 0.4) is 0 Å². The molecule has 0 radical (unpaired) electrons. The Labute approximate surface area is 133 Å². The van der Waals surface area contributed by atoms with Crippen LogP contribution in [0.5, 0.6) is 5.75 Å². The molecule has 0 amide bonds. The molecule has 1 saturated heterocycles. The summed E-state index contributed by atoms with van der Waals surface area (Å²) in [6, 6.07) is 4.60. The van der Waals surface area contributed by atoms with Gasteiger partial charge < -0.3 is 4.74 Å². The fourth-order valence-corrected chi connectivity index (χ4v) is 3.33. The standard InChI is InChI=1S/C13H15Cl2NO4S/c1-21(18,19)16-6-4-9(5-7-16)13(17)20-10-2-3-11(14)12(15)8-10/h2-3,8-9H,4-7H2,1H3. The highest BCUT2D eigenvalue weighted by atomic mass is 35.5. The Balaban J connectivity index is 1.95. The van der Waals surface area contributed by atoms with E-state index in [9.17, 15) is 13.2 Å². The van der Waals surface area contributed by atoms with Crippen LogP contribution in [-0.2, 0) is 14.8 Å². The minimum atomic E-state index is -3.20. The maximum absolute atomic E-state index is 12.1. The lowest BCUT2D eigenvalue weighted by molar-refractivity contribution is -0.140. The van der Waals surface area contributed by atoms with Crippen molar-refractivity contribution in [2.24, 2.45) is 5.92 Å². The lowest BCUT2D eigenvalue weighted by Crippen LogP contribution is -2.40. The Morgan fingerprint density at radius 1 is 1.24 bits per heavy atom. The van der Waals surface area contributed by atoms with Gasteiger partial charge in [-0.1, -0.05) is 23.2 Å². The van der Waals surface area contributed by atoms with Crippen molar-refractivity contribution in [1.29, 1.82) is 0 Å². The van der Waals surface area contributed by atoms with Crippen LogP contribution >= 0.6 is 23.2 Å². The molecule has 0 N–H and O–H groups in total. The van der Waals surface area contributed by atoms with Gasteiger partial charge in [-0.25, -0.2) is 12.7 Å². The van der Waals surface area contributed by atoms with Gasteiger partial charge in [-0.3, -0.25) is 4.79 Å². The van der Waals surface area contributed by atoms with Gasteiger partial charge in [0.1, 0.15) is 5.75 Å². The second-order valence-corrected chi connectivity index (χ2v) is 7.73. The highest BCUT2D eigenvalue weighted by molar-refractivity contribution is 7.88. The largest absolute Gasteiger partial charge is 0.426 e. The first-order valence-corrected chi connectivity index (χ1v) is 8.99. The summed E-state index contributed by atoms with van der Waals surface area (Å²) in [6.07, 6.45) is 2.07. The van der Waals surface area contributed by atoms with Crippen molar-refractivity contribution in [3.63, 3.8) is 0 Å². The van der Waals surface area contributed by atoms with Crippen LogP contribution in [0.2, 0.25) is 10.0 Å². The summed E-state index contributed by atoms with van der Waals surface area (Å²) in [7, 11) is -3.20. The monoisotopic (exact) mass is 351 g/mol. The van der Waals surface area contributed by atoms with E-state index in [1.807, 2.05) is 0 Å². The quantitative estimate of drug-likeness (QED) is 0.620. The first-order chi connectivity index (χ1) is 9.77. The zero-order valence-electron chi connectivity index (χ0n) is 11.4. The Morgan fingerprint density at radius 3 is 2.38 bits per heavy atom. The Kier molecular flexibility index (Phi) is 5.14. The van der Waals surface area contributed by atoms with Crippen LogP contribution in [0.25, 0.3) is 0 Å². The predicted molar refractivity (Wildman–Crippen MR) is 81.2 cm³/mol. The van der Waals surface area contributed by atoms with Gasteiger partial charge in [0.2, 0.25) is 10.0 Å². The minimum Gasteiger partial charge on any atom is -0.426 e. The molecule has 1 aromatic carbocycles. The first kappa shape index (κ1) is 16.5. The van der Waals surface area contributed by atoms with E-state index < -0.39 is 10.0 Å². The maximum atomic E-state index is 12.1. The summed E-state index contributed by atoms with van der Waals surface area (Å²) in [4.78, 5) is 12.1. The molecule has 116 valence electrons. The van der Waals surface area contributed by atoms with Gasteiger partial charge in [0.05, 0.1) is 22.2 Å². The van der Waals surface area contributed by atoms with Gasteiger partial charge in [0.25, 0.3) is 0 Å². The molecule has 1 heterocycles. The summed E-state index contributed by atoms with van der Waals surface area (Å²) in [5.41, 5.74) is 0. The second kappa shape index (κ2) is 6.52. The number of benzene rings is 1. The van der Waals surface area contributed by atoms with Crippen LogP contribution in [0, 0.1) is 5.92 Å². The van der Waals surface area contributed by atoms with E-state index in [0.717, 1.165) is 0 Å². The molecule has 8 heteroatoms. The molecule has 1 fully saturated rings. The Bertz CT molecular complexity index is 640. The Hall–Kier alpha value is -0.820. The molecule has 0 aromatic heterocycles. The number of carbonyl (C=O) groups excluding carboxylic acids is 1. The number of hydrogen-bond acceptors (Lipinski definition) is 4. The van der Waals surface area contributed by atoms with Crippen LogP contribution in [0.1, 0.15) is 12.8 Å². The Morgan fingerprint density at radius 2 is 1.86 bits per heavy atom. The number of hydrogen-bond donors (Lipinski definition) is 0. The SMILES string of the molecule is CS(=O)(=O)N1CCC(C(=O)Oc2ccc(Cl)c(Cl)c2)CC1. The van der Waals surface area contributed by atoms with Crippen molar-refractivity contribution >= 4 is 39.2 Å². The average Bonchev–Trinajstić information content (AvgIpc) is 2.42. The number of esters is 1. The number of carbonyl (C=O) groups is 1. The van der Waals surface area contributed by atoms with Gasteiger partial charge >= 0.3 is 5.97 Å². The van der Waals surface area contributed by atoms with Crippen molar-refractivity contribution in [1.82, 2.24) is 4.31 Å². The van der Waals surface area contributed by atoms with E-state index in [1.165, 1.54) is 16.6 Å². The van der Waals surface area contributed by atoms with E-state index in [0.29, 0.717) is 41.7 Å². The zero-order valence-corrected chi connectivity index (χ0v) is 13.7. The van der Waals surface area contributed by atoms with Crippen molar-refractivity contribution in [3.8, 4) is 5.75 Å². The van der Waals surface area contributed by atoms with E-state index in [1.54, 1.807) is 12.1 Å². The van der Waals surface area contributed by atoms with Crippen molar-refractivity contribution in [2.75, 3.05) is 19.3 Å². The third-order valence-electron chi connectivity index (χ3n) is 3.37. The number of halogens is 2. The predicted octanol–water partition coefficient (Wildman–Crippen LogP) is 2.57. The zero-order chi connectivity index (χ0) is 15.6. The fraction of sp³-hybridized carbons (Fsp3) is 0.462. The highest BCUT2D eigenvalue weighted by Gasteiger charge is 2.30. The number of piperidine rings is 1. The molecule has 1 aliphatic rings. The molecule has 0 bridgehead atoms. The van der Waals surface area contributed by atoms with Crippen molar-refractivity contribution in [3.05, 3.63) is 28.2 Å². The van der Waals surface area contributed by atoms with Gasteiger partial charge in [-0.05, 0) is 25.0 Å². The number of ether oxygens (including phenoxy) is 1. The van der Waals surface area contributed by atoms with E-state index in [2.05, 4.69) is 0 Å².